The number of rotatable bonds is 9. The molecule has 2 unspecified atom stereocenters. The van der Waals surface area contributed by atoms with Gasteiger partial charge in [-0.2, -0.15) is 0 Å². The van der Waals surface area contributed by atoms with E-state index in [9.17, 15) is 24.3 Å². The Kier molecular flexibility index (Phi) is 9.52. The summed E-state index contributed by atoms with van der Waals surface area (Å²) in [5.41, 5.74) is 2.86. The van der Waals surface area contributed by atoms with Gasteiger partial charge in [-0.05, 0) is 53.8 Å². The van der Waals surface area contributed by atoms with Crippen LogP contribution in [0.1, 0.15) is 49.9 Å². The van der Waals surface area contributed by atoms with E-state index in [1.165, 1.54) is 12.1 Å². The lowest BCUT2D eigenvalue weighted by Crippen LogP contribution is -2.50. The number of carbonyl (C=O) groups is 4. The van der Waals surface area contributed by atoms with Crippen LogP contribution in [-0.4, -0.2) is 41.5 Å². The summed E-state index contributed by atoms with van der Waals surface area (Å²) in [6.07, 6.45) is 1.57. The molecular weight excluding hydrogens is 579 g/mol. The van der Waals surface area contributed by atoms with Crippen LogP contribution in [0.5, 0.6) is 0 Å². The highest BCUT2D eigenvalue weighted by molar-refractivity contribution is 6.40. The minimum atomic E-state index is -1.47. The van der Waals surface area contributed by atoms with E-state index in [2.05, 4.69) is 21.3 Å². The number of hydrogen-bond acceptors (Lipinski definition) is 4. The van der Waals surface area contributed by atoms with Crippen LogP contribution in [0.3, 0.4) is 0 Å². The Hall–Kier alpha value is -3.79. The van der Waals surface area contributed by atoms with E-state index < -0.39 is 29.9 Å². The molecule has 12 heteroatoms. The van der Waals surface area contributed by atoms with Crippen LogP contribution in [-0.2, 0) is 17.8 Å². The summed E-state index contributed by atoms with van der Waals surface area (Å²) in [7, 11) is 0. The van der Waals surface area contributed by atoms with E-state index in [-0.39, 0.29) is 40.3 Å². The summed E-state index contributed by atoms with van der Waals surface area (Å²) in [5.74, 6) is -2.73. The molecule has 2 atom stereocenters. The number of aliphatic carboxylic acids is 1. The Morgan fingerprint density at radius 2 is 1.62 bits per heavy atom. The Labute approximate surface area is 245 Å². The van der Waals surface area contributed by atoms with Gasteiger partial charge in [0.2, 0.25) is 0 Å². The third kappa shape index (κ3) is 7.24. The van der Waals surface area contributed by atoms with Gasteiger partial charge in [0.05, 0.1) is 28.2 Å². The van der Waals surface area contributed by atoms with E-state index in [1.807, 2.05) is 24.3 Å². The van der Waals surface area contributed by atoms with E-state index in [0.29, 0.717) is 5.02 Å². The lowest BCUT2D eigenvalue weighted by molar-refractivity contribution is -0.139. The number of fused-ring (bicyclic) bond motifs is 1. The van der Waals surface area contributed by atoms with E-state index in [1.54, 1.807) is 24.3 Å². The van der Waals surface area contributed by atoms with Crippen LogP contribution < -0.4 is 21.3 Å². The van der Waals surface area contributed by atoms with Gasteiger partial charge in [0.1, 0.15) is 6.04 Å². The maximum Gasteiger partial charge on any atom is 0.328 e. The number of hydrogen-bond donors (Lipinski definition) is 5. The molecule has 0 saturated heterocycles. The van der Waals surface area contributed by atoms with Crippen LogP contribution in [0.4, 0.5) is 4.79 Å². The van der Waals surface area contributed by atoms with Crippen LogP contribution >= 0.6 is 34.8 Å². The maximum atomic E-state index is 12.9. The Morgan fingerprint density at radius 1 is 0.900 bits per heavy atom. The first-order chi connectivity index (χ1) is 19.1. The molecule has 1 aliphatic carbocycles. The quantitative estimate of drug-likeness (QED) is 0.241. The van der Waals surface area contributed by atoms with Crippen molar-refractivity contribution in [2.45, 2.75) is 31.5 Å². The zero-order chi connectivity index (χ0) is 28.8. The average molecular weight is 604 g/mol. The molecule has 0 aliphatic heterocycles. The van der Waals surface area contributed by atoms with Crippen LogP contribution in [0.25, 0.3) is 0 Å². The van der Waals surface area contributed by atoms with Gasteiger partial charge >= 0.3 is 12.0 Å². The van der Waals surface area contributed by atoms with Gasteiger partial charge < -0.3 is 26.4 Å². The first kappa shape index (κ1) is 29.2. The number of nitrogens with one attached hydrogen (secondary N) is 4. The van der Waals surface area contributed by atoms with Crippen LogP contribution in [0, 0.1) is 0 Å². The van der Waals surface area contributed by atoms with Crippen molar-refractivity contribution >= 4 is 58.6 Å². The number of carbonyl (C=O) groups excluding carboxylic acids is 3. The van der Waals surface area contributed by atoms with Gasteiger partial charge in [-0.1, -0.05) is 71.2 Å². The van der Waals surface area contributed by atoms with Gasteiger partial charge in [0, 0.05) is 17.1 Å². The predicted molar refractivity (Wildman–Crippen MR) is 152 cm³/mol. The first-order valence-electron chi connectivity index (χ1n) is 12.3. The summed E-state index contributed by atoms with van der Waals surface area (Å²) in [6.45, 7) is -0.189. The number of urea groups is 1. The SMILES string of the molecule is O=C(NCC(NC(=O)c1c(Cl)cc(C(=O)NCc2cccc(Cl)c2)cc1Cl)C(=O)O)NC1CCc2ccccc21. The maximum absolute atomic E-state index is 12.9. The highest BCUT2D eigenvalue weighted by Crippen LogP contribution is 2.30. The molecule has 0 radical (unpaired) electrons. The smallest absolute Gasteiger partial charge is 0.328 e. The molecule has 4 amide bonds. The van der Waals surface area contributed by atoms with Crippen molar-refractivity contribution in [1.82, 2.24) is 21.3 Å². The number of aryl methyl sites for hydroxylation is 1. The van der Waals surface area contributed by atoms with Crippen molar-refractivity contribution in [3.8, 4) is 0 Å². The summed E-state index contributed by atoms with van der Waals surface area (Å²) >= 11 is 18.5. The molecule has 40 heavy (non-hydrogen) atoms. The molecule has 3 aromatic rings. The lowest BCUT2D eigenvalue weighted by Gasteiger charge is -2.19. The number of halogens is 3. The molecule has 1 aliphatic rings. The number of amides is 4. The van der Waals surface area contributed by atoms with Crippen molar-refractivity contribution in [3.63, 3.8) is 0 Å². The molecule has 0 heterocycles. The second kappa shape index (κ2) is 13.0. The summed E-state index contributed by atoms with van der Waals surface area (Å²) in [5, 5.41) is 20.2. The molecule has 0 saturated carbocycles. The topological polar surface area (TPSA) is 137 Å². The third-order valence-electron chi connectivity index (χ3n) is 6.38. The molecule has 0 spiro atoms. The molecular formula is C28H25Cl3N4O5. The molecule has 9 nitrogen and oxygen atoms in total. The summed E-state index contributed by atoms with van der Waals surface area (Å²) in [6, 6.07) is 15.0. The first-order valence-corrected chi connectivity index (χ1v) is 13.4. The van der Waals surface area contributed by atoms with E-state index in [4.69, 9.17) is 34.8 Å². The lowest BCUT2D eigenvalue weighted by atomic mass is 10.1. The highest BCUT2D eigenvalue weighted by Gasteiger charge is 2.27. The monoisotopic (exact) mass is 602 g/mol. The van der Waals surface area contributed by atoms with Gasteiger partial charge in [-0.25, -0.2) is 9.59 Å². The zero-order valence-electron chi connectivity index (χ0n) is 21.0. The summed E-state index contributed by atoms with van der Waals surface area (Å²) < 4.78 is 0. The number of carboxylic acid groups (broad SMARTS) is 1. The average Bonchev–Trinajstić information content (AvgIpc) is 3.31. The predicted octanol–water partition coefficient (Wildman–Crippen LogP) is 4.75. The molecule has 0 aromatic heterocycles. The fourth-order valence-electron chi connectivity index (χ4n) is 4.39. The van der Waals surface area contributed by atoms with Gasteiger partial charge in [0.25, 0.3) is 11.8 Å². The van der Waals surface area contributed by atoms with Crippen molar-refractivity contribution < 1.29 is 24.3 Å². The summed E-state index contributed by atoms with van der Waals surface area (Å²) in [4.78, 5) is 49.8. The normalized spacial score (nSPS) is 14.5. The van der Waals surface area contributed by atoms with Gasteiger partial charge in [-0.15, -0.1) is 0 Å². The third-order valence-corrected chi connectivity index (χ3v) is 7.21. The van der Waals surface area contributed by atoms with Crippen molar-refractivity contribution in [2.24, 2.45) is 0 Å². The van der Waals surface area contributed by atoms with Crippen LogP contribution in [0.15, 0.2) is 60.7 Å². The largest absolute Gasteiger partial charge is 0.480 e. The highest BCUT2D eigenvalue weighted by atomic mass is 35.5. The molecule has 0 bridgehead atoms. The number of carboxylic acids is 1. The minimum Gasteiger partial charge on any atom is -0.480 e. The zero-order valence-corrected chi connectivity index (χ0v) is 23.2. The fourth-order valence-corrected chi connectivity index (χ4v) is 5.27. The second-order valence-electron chi connectivity index (χ2n) is 9.14. The molecule has 208 valence electrons. The second-order valence-corrected chi connectivity index (χ2v) is 10.4. The van der Waals surface area contributed by atoms with Crippen LogP contribution in [0.2, 0.25) is 15.1 Å². The number of benzene rings is 3. The molecule has 5 N–H and O–H groups in total. The van der Waals surface area contributed by atoms with Crippen molar-refractivity contribution in [3.05, 3.63) is 104 Å². The van der Waals surface area contributed by atoms with E-state index >= 15 is 0 Å². The van der Waals surface area contributed by atoms with Crippen molar-refractivity contribution in [2.75, 3.05) is 6.54 Å². The Bertz CT molecular complexity index is 1440. The van der Waals surface area contributed by atoms with Gasteiger partial charge in [-0.3, -0.25) is 9.59 Å². The Balaban J connectivity index is 1.35. The standard InChI is InChI=1S/C28H25Cl3N4O5/c29-18-6-3-4-15(10-18)13-32-25(36)17-11-20(30)24(21(31)12-17)26(37)34-23(27(38)39)14-33-28(40)35-22-9-8-16-5-1-2-7-19(16)22/h1-7,10-12,22-23H,8-9,13-14H2,(H,32,36)(H,34,37)(H,38,39)(H2,33,35,40). The molecule has 4 rings (SSSR count). The van der Waals surface area contributed by atoms with E-state index in [0.717, 1.165) is 29.5 Å². The minimum absolute atomic E-state index is 0.107. The Morgan fingerprint density at radius 3 is 2.33 bits per heavy atom. The molecule has 0 fully saturated rings. The van der Waals surface area contributed by atoms with Crippen molar-refractivity contribution in [1.29, 1.82) is 0 Å². The fraction of sp³-hybridized carbons (Fsp3) is 0.214. The molecule has 3 aromatic carbocycles. The van der Waals surface area contributed by atoms with Gasteiger partial charge in [0.15, 0.2) is 0 Å².